The second-order valence-electron chi connectivity index (χ2n) is 4.01. The van der Waals surface area contributed by atoms with Crippen LogP contribution < -0.4 is 5.32 Å². The van der Waals surface area contributed by atoms with Crippen molar-refractivity contribution in [3.05, 3.63) is 15.0 Å². The second kappa shape index (κ2) is 5.39. The van der Waals surface area contributed by atoms with Crippen molar-refractivity contribution < 1.29 is 0 Å². The summed E-state index contributed by atoms with van der Waals surface area (Å²) in [4.78, 5) is 6.86. The second-order valence-corrected chi connectivity index (χ2v) is 6.50. The molecular weight excluding hydrogens is 274 g/mol. The quantitative estimate of drug-likeness (QED) is 0.918. The van der Waals surface area contributed by atoms with Gasteiger partial charge in [0.25, 0.3) is 0 Å². The molecule has 1 atom stereocenters. The maximum atomic E-state index is 4.36. The molecule has 1 aromatic rings. The summed E-state index contributed by atoms with van der Waals surface area (Å²) in [7, 11) is 2.03. The summed E-state index contributed by atoms with van der Waals surface area (Å²) < 4.78 is 1.13. The van der Waals surface area contributed by atoms with Crippen molar-refractivity contribution in [3.8, 4) is 0 Å². The monoisotopic (exact) mass is 289 g/mol. The highest BCUT2D eigenvalue weighted by Gasteiger charge is 2.22. The fourth-order valence-corrected chi connectivity index (χ4v) is 3.41. The summed E-state index contributed by atoms with van der Waals surface area (Å²) in [5, 5.41) is 4.47. The van der Waals surface area contributed by atoms with Gasteiger partial charge in [0.2, 0.25) is 0 Å². The highest BCUT2D eigenvalue weighted by molar-refractivity contribution is 9.11. The van der Waals surface area contributed by atoms with Crippen LogP contribution in [0.15, 0.2) is 9.98 Å². The first kappa shape index (κ1) is 11.5. The molecule has 15 heavy (non-hydrogen) atoms. The van der Waals surface area contributed by atoms with Crippen molar-refractivity contribution in [3.63, 3.8) is 0 Å². The maximum absolute atomic E-state index is 4.36. The Balaban J connectivity index is 1.82. The minimum Gasteiger partial charge on any atom is -0.319 e. The Kier molecular flexibility index (Phi) is 4.13. The van der Waals surface area contributed by atoms with E-state index >= 15 is 0 Å². The van der Waals surface area contributed by atoms with E-state index in [0.29, 0.717) is 0 Å². The fourth-order valence-electron chi connectivity index (χ4n) is 2.06. The minimum absolute atomic E-state index is 0.818. The van der Waals surface area contributed by atoms with Crippen LogP contribution in [0.5, 0.6) is 0 Å². The number of rotatable bonds is 4. The van der Waals surface area contributed by atoms with Crippen molar-refractivity contribution in [2.24, 2.45) is 5.92 Å². The van der Waals surface area contributed by atoms with Crippen LogP contribution in [0.2, 0.25) is 0 Å². The molecule has 0 aliphatic carbocycles. The topological polar surface area (TPSA) is 28.2 Å². The van der Waals surface area contributed by atoms with Gasteiger partial charge in [0.05, 0.1) is 16.5 Å². The van der Waals surface area contributed by atoms with Crippen molar-refractivity contribution in [1.82, 2.24) is 15.2 Å². The van der Waals surface area contributed by atoms with Gasteiger partial charge in [-0.3, -0.25) is 4.90 Å². The van der Waals surface area contributed by atoms with Gasteiger partial charge in [-0.25, -0.2) is 4.98 Å². The van der Waals surface area contributed by atoms with Crippen LogP contribution in [-0.2, 0) is 6.54 Å². The average Bonchev–Trinajstić information content (AvgIpc) is 2.78. The molecule has 1 aromatic heterocycles. The number of nitrogens with one attached hydrogen (secondary N) is 1. The number of hydrogen-bond acceptors (Lipinski definition) is 4. The zero-order chi connectivity index (χ0) is 10.7. The molecule has 1 aliphatic heterocycles. The molecule has 1 unspecified atom stereocenters. The summed E-state index contributed by atoms with van der Waals surface area (Å²) in [6.45, 7) is 4.57. The van der Waals surface area contributed by atoms with Crippen molar-refractivity contribution in [2.75, 3.05) is 26.7 Å². The van der Waals surface area contributed by atoms with E-state index in [1.165, 1.54) is 24.5 Å². The lowest BCUT2D eigenvalue weighted by molar-refractivity contribution is 0.315. The van der Waals surface area contributed by atoms with E-state index in [1.807, 2.05) is 13.2 Å². The predicted molar refractivity (Wildman–Crippen MR) is 67.1 cm³/mol. The summed E-state index contributed by atoms with van der Waals surface area (Å²) in [5.41, 5.74) is 0. The molecule has 2 rings (SSSR count). The van der Waals surface area contributed by atoms with E-state index in [-0.39, 0.29) is 0 Å². The first-order valence-corrected chi connectivity index (χ1v) is 6.86. The van der Waals surface area contributed by atoms with E-state index < -0.39 is 0 Å². The Morgan fingerprint density at radius 1 is 1.73 bits per heavy atom. The number of halogens is 1. The molecule has 84 valence electrons. The number of nitrogens with zero attached hydrogens (tertiary/aromatic N) is 2. The van der Waals surface area contributed by atoms with E-state index in [4.69, 9.17) is 0 Å². The molecule has 1 saturated heterocycles. The standard InChI is InChI=1S/C10H16BrN3S/c1-12-4-8-2-3-14(6-8)7-10-13-5-9(11)15-10/h5,8,12H,2-4,6-7H2,1H3. The van der Waals surface area contributed by atoms with Crippen molar-refractivity contribution >= 4 is 27.3 Å². The van der Waals surface area contributed by atoms with E-state index in [2.05, 4.69) is 31.1 Å². The third-order valence-corrected chi connectivity index (χ3v) is 4.21. The van der Waals surface area contributed by atoms with Crippen LogP contribution in [0.25, 0.3) is 0 Å². The molecule has 0 saturated carbocycles. The number of aromatic nitrogens is 1. The summed E-state index contributed by atoms with van der Waals surface area (Å²) >= 11 is 5.18. The van der Waals surface area contributed by atoms with Gasteiger partial charge in [-0.05, 0) is 48.4 Å². The van der Waals surface area contributed by atoms with Crippen LogP contribution in [0.4, 0.5) is 0 Å². The highest BCUT2D eigenvalue weighted by atomic mass is 79.9. The van der Waals surface area contributed by atoms with Gasteiger partial charge >= 0.3 is 0 Å². The molecule has 5 heteroatoms. The van der Waals surface area contributed by atoms with Crippen LogP contribution in [0.3, 0.4) is 0 Å². The van der Waals surface area contributed by atoms with Crippen LogP contribution in [0, 0.1) is 5.92 Å². The highest BCUT2D eigenvalue weighted by Crippen LogP contribution is 2.23. The summed E-state index contributed by atoms with van der Waals surface area (Å²) in [6, 6.07) is 0. The van der Waals surface area contributed by atoms with Gasteiger partial charge in [0, 0.05) is 6.54 Å². The molecule has 1 N–H and O–H groups in total. The minimum atomic E-state index is 0.818. The predicted octanol–water partition coefficient (Wildman–Crippen LogP) is 1.95. The van der Waals surface area contributed by atoms with Gasteiger partial charge in [-0.1, -0.05) is 0 Å². The van der Waals surface area contributed by atoms with Crippen molar-refractivity contribution in [2.45, 2.75) is 13.0 Å². The van der Waals surface area contributed by atoms with E-state index in [0.717, 1.165) is 22.8 Å². The lowest BCUT2D eigenvalue weighted by Gasteiger charge is -2.13. The lowest BCUT2D eigenvalue weighted by Crippen LogP contribution is -2.24. The fraction of sp³-hybridized carbons (Fsp3) is 0.700. The third kappa shape index (κ3) is 3.24. The average molecular weight is 290 g/mol. The molecule has 3 nitrogen and oxygen atoms in total. The normalized spacial score (nSPS) is 22.4. The molecule has 0 amide bonds. The number of hydrogen-bond donors (Lipinski definition) is 1. The van der Waals surface area contributed by atoms with Gasteiger partial charge < -0.3 is 5.32 Å². The summed E-state index contributed by atoms with van der Waals surface area (Å²) in [5.74, 6) is 0.818. The Labute approximate surface area is 103 Å². The Morgan fingerprint density at radius 2 is 2.60 bits per heavy atom. The lowest BCUT2D eigenvalue weighted by atomic mass is 10.1. The van der Waals surface area contributed by atoms with Crippen LogP contribution in [0.1, 0.15) is 11.4 Å². The molecule has 0 spiro atoms. The molecule has 0 radical (unpaired) electrons. The van der Waals surface area contributed by atoms with E-state index in [9.17, 15) is 0 Å². The van der Waals surface area contributed by atoms with Gasteiger partial charge in [-0.2, -0.15) is 0 Å². The molecule has 0 aromatic carbocycles. The maximum Gasteiger partial charge on any atom is 0.108 e. The first-order valence-electron chi connectivity index (χ1n) is 5.25. The molecular formula is C10H16BrN3S. The first-order chi connectivity index (χ1) is 7.28. The Bertz CT molecular complexity index is 315. The molecule has 1 fully saturated rings. The SMILES string of the molecule is CNCC1CCN(Cc2ncc(Br)s2)C1. The van der Waals surface area contributed by atoms with Crippen molar-refractivity contribution in [1.29, 1.82) is 0 Å². The van der Waals surface area contributed by atoms with Gasteiger partial charge in [0.1, 0.15) is 5.01 Å². The number of likely N-dealkylation sites (tertiary alicyclic amines) is 1. The zero-order valence-corrected chi connectivity index (χ0v) is 11.3. The summed E-state index contributed by atoms with van der Waals surface area (Å²) in [6.07, 6.45) is 3.20. The Morgan fingerprint density at radius 3 is 3.27 bits per heavy atom. The third-order valence-electron chi connectivity index (χ3n) is 2.75. The zero-order valence-electron chi connectivity index (χ0n) is 8.87. The Hall–Kier alpha value is 0.0300. The smallest absolute Gasteiger partial charge is 0.108 e. The molecule has 2 heterocycles. The van der Waals surface area contributed by atoms with Gasteiger partial charge in [-0.15, -0.1) is 11.3 Å². The molecule has 1 aliphatic rings. The van der Waals surface area contributed by atoms with Crippen LogP contribution >= 0.6 is 27.3 Å². The molecule has 0 bridgehead atoms. The van der Waals surface area contributed by atoms with Gasteiger partial charge in [0.15, 0.2) is 0 Å². The largest absolute Gasteiger partial charge is 0.319 e. The van der Waals surface area contributed by atoms with Crippen LogP contribution in [-0.4, -0.2) is 36.6 Å². The van der Waals surface area contributed by atoms with E-state index in [1.54, 1.807) is 11.3 Å². The number of thiazole rings is 1.